The molecular formula is C18H18ClN3O2S. The molecule has 7 heteroatoms. The van der Waals surface area contributed by atoms with Gasteiger partial charge in [-0.3, -0.25) is 0 Å². The first-order chi connectivity index (χ1) is 12.0. The Morgan fingerprint density at radius 2 is 1.76 bits per heavy atom. The average molecular weight is 376 g/mol. The summed E-state index contributed by atoms with van der Waals surface area (Å²) in [6, 6.07) is 12.1. The molecule has 1 fully saturated rings. The molecule has 3 rings (SSSR count). The van der Waals surface area contributed by atoms with Crippen LogP contribution in [0, 0.1) is 11.3 Å². The molecule has 1 aliphatic heterocycles. The van der Waals surface area contributed by atoms with Gasteiger partial charge in [0.25, 0.3) is 0 Å². The van der Waals surface area contributed by atoms with E-state index in [1.54, 1.807) is 0 Å². The van der Waals surface area contributed by atoms with Gasteiger partial charge in [0.1, 0.15) is 6.07 Å². The minimum atomic E-state index is -3.83. The highest BCUT2D eigenvalue weighted by atomic mass is 35.5. The van der Waals surface area contributed by atoms with Gasteiger partial charge in [0, 0.05) is 42.7 Å². The maximum absolute atomic E-state index is 12.6. The van der Waals surface area contributed by atoms with Crippen molar-refractivity contribution in [2.75, 3.05) is 13.1 Å². The Morgan fingerprint density at radius 1 is 1.16 bits per heavy atom. The SMILES string of the molecule is N#CC(=CN1CCC(n2cccc2)CC1)S(=O)(=O)c1ccc(Cl)cc1. The van der Waals surface area contributed by atoms with Crippen molar-refractivity contribution in [3.8, 4) is 6.07 Å². The first kappa shape index (κ1) is 17.6. The molecule has 5 nitrogen and oxygen atoms in total. The summed E-state index contributed by atoms with van der Waals surface area (Å²) in [6.45, 7) is 1.42. The molecular weight excluding hydrogens is 358 g/mol. The van der Waals surface area contributed by atoms with Crippen molar-refractivity contribution in [3.05, 3.63) is 64.9 Å². The number of hydrogen-bond donors (Lipinski definition) is 0. The fraction of sp³-hybridized carbons (Fsp3) is 0.278. The molecule has 2 aromatic rings. The summed E-state index contributed by atoms with van der Waals surface area (Å²) in [5, 5.41) is 9.81. The third-order valence-corrected chi connectivity index (χ3v) is 6.29. The Balaban J connectivity index is 1.75. The van der Waals surface area contributed by atoms with E-state index in [9.17, 15) is 13.7 Å². The highest BCUT2D eigenvalue weighted by molar-refractivity contribution is 7.95. The molecule has 0 saturated carbocycles. The van der Waals surface area contributed by atoms with Crippen molar-refractivity contribution in [2.45, 2.75) is 23.8 Å². The van der Waals surface area contributed by atoms with E-state index in [0.29, 0.717) is 24.2 Å². The summed E-state index contributed by atoms with van der Waals surface area (Å²) in [4.78, 5) is 1.74. The number of aromatic nitrogens is 1. The van der Waals surface area contributed by atoms with Gasteiger partial charge in [-0.2, -0.15) is 5.26 Å². The lowest BCUT2D eigenvalue weighted by Crippen LogP contribution is -2.31. The molecule has 2 heterocycles. The van der Waals surface area contributed by atoms with Gasteiger partial charge in [0.2, 0.25) is 9.84 Å². The van der Waals surface area contributed by atoms with E-state index < -0.39 is 9.84 Å². The molecule has 1 aliphatic rings. The first-order valence-corrected chi connectivity index (χ1v) is 9.86. The fourth-order valence-corrected chi connectivity index (χ4v) is 4.25. The zero-order valence-corrected chi connectivity index (χ0v) is 15.1. The third-order valence-electron chi connectivity index (χ3n) is 4.37. The van der Waals surface area contributed by atoms with Crippen LogP contribution in [0.5, 0.6) is 0 Å². The smallest absolute Gasteiger partial charge is 0.218 e. The molecule has 0 radical (unpaired) electrons. The molecule has 0 aliphatic carbocycles. The van der Waals surface area contributed by atoms with Gasteiger partial charge in [0.05, 0.1) is 4.90 Å². The lowest BCUT2D eigenvalue weighted by atomic mass is 10.1. The Morgan fingerprint density at radius 3 is 2.32 bits per heavy atom. The largest absolute Gasteiger partial charge is 0.376 e. The topological polar surface area (TPSA) is 66.1 Å². The van der Waals surface area contributed by atoms with E-state index in [-0.39, 0.29) is 9.80 Å². The number of nitriles is 1. The van der Waals surface area contributed by atoms with Crippen LogP contribution in [0.25, 0.3) is 0 Å². The second-order valence-corrected chi connectivity index (χ2v) is 8.31. The standard InChI is InChI=1S/C18H18ClN3O2S/c19-15-3-5-17(6-4-15)25(23,24)18(13-20)14-21-11-7-16(8-12-21)22-9-1-2-10-22/h1-6,9-10,14,16H,7-8,11-12H2. The summed E-state index contributed by atoms with van der Waals surface area (Å²) < 4.78 is 27.4. The molecule has 0 spiro atoms. The van der Waals surface area contributed by atoms with Crippen LogP contribution in [0.15, 0.2) is 64.8 Å². The minimum absolute atomic E-state index is 0.0759. The van der Waals surface area contributed by atoms with Crippen LogP contribution >= 0.6 is 11.6 Å². The van der Waals surface area contributed by atoms with E-state index in [1.807, 2.05) is 35.5 Å². The second kappa shape index (κ2) is 7.34. The number of rotatable bonds is 4. The summed E-state index contributed by atoms with van der Waals surface area (Å²) in [7, 11) is -3.83. The number of halogens is 1. The fourth-order valence-electron chi connectivity index (χ4n) is 2.97. The molecule has 0 unspecified atom stereocenters. The van der Waals surface area contributed by atoms with Crippen molar-refractivity contribution in [1.29, 1.82) is 5.26 Å². The van der Waals surface area contributed by atoms with Crippen LogP contribution in [0.2, 0.25) is 5.02 Å². The molecule has 0 atom stereocenters. The quantitative estimate of drug-likeness (QED) is 0.765. The zero-order valence-electron chi connectivity index (χ0n) is 13.5. The van der Waals surface area contributed by atoms with Crippen molar-refractivity contribution in [2.24, 2.45) is 0 Å². The van der Waals surface area contributed by atoms with Gasteiger partial charge in [-0.25, -0.2) is 8.42 Å². The number of sulfone groups is 1. The Labute approximate surface area is 152 Å². The van der Waals surface area contributed by atoms with E-state index in [0.717, 1.165) is 12.8 Å². The normalized spacial score (nSPS) is 16.6. The maximum atomic E-state index is 12.6. The lowest BCUT2D eigenvalue weighted by Gasteiger charge is -2.32. The van der Waals surface area contributed by atoms with Crippen LogP contribution in [0.3, 0.4) is 0 Å². The minimum Gasteiger partial charge on any atom is -0.376 e. The molecule has 25 heavy (non-hydrogen) atoms. The number of hydrogen-bond acceptors (Lipinski definition) is 4. The lowest BCUT2D eigenvalue weighted by molar-refractivity contribution is 0.244. The van der Waals surface area contributed by atoms with E-state index in [4.69, 9.17) is 11.6 Å². The predicted octanol–water partition coefficient (Wildman–Crippen LogP) is 3.62. The van der Waals surface area contributed by atoms with Crippen molar-refractivity contribution in [1.82, 2.24) is 9.47 Å². The van der Waals surface area contributed by atoms with E-state index in [2.05, 4.69) is 4.57 Å². The highest BCUT2D eigenvalue weighted by Gasteiger charge is 2.24. The Kier molecular flexibility index (Phi) is 5.16. The third kappa shape index (κ3) is 3.89. The molecule has 0 amide bonds. The zero-order chi connectivity index (χ0) is 17.9. The van der Waals surface area contributed by atoms with Crippen molar-refractivity contribution in [3.63, 3.8) is 0 Å². The van der Waals surface area contributed by atoms with Crippen LogP contribution in [0.1, 0.15) is 18.9 Å². The molecule has 1 saturated heterocycles. The van der Waals surface area contributed by atoms with Gasteiger partial charge < -0.3 is 9.47 Å². The summed E-state index contributed by atoms with van der Waals surface area (Å²) >= 11 is 5.80. The number of benzene rings is 1. The maximum Gasteiger partial charge on any atom is 0.218 e. The van der Waals surface area contributed by atoms with Gasteiger partial charge in [-0.05, 0) is 49.2 Å². The van der Waals surface area contributed by atoms with Crippen LogP contribution in [-0.4, -0.2) is 31.0 Å². The second-order valence-electron chi connectivity index (χ2n) is 5.96. The van der Waals surface area contributed by atoms with Crippen molar-refractivity contribution < 1.29 is 8.42 Å². The van der Waals surface area contributed by atoms with Gasteiger partial charge in [-0.15, -0.1) is 0 Å². The molecule has 0 bridgehead atoms. The predicted molar refractivity (Wildman–Crippen MR) is 96.6 cm³/mol. The van der Waals surface area contributed by atoms with E-state index in [1.165, 1.54) is 30.5 Å². The molecule has 130 valence electrons. The van der Waals surface area contributed by atoms with Gasteiger partial charge in [-0.1, -0.05) is 11.6 Å². The number of likely N-dealkylation sites (tertiary alicyclic amines) is 1. The number of allylic oxidation sites excluding steroid dienone is 1. The van der Waals surface area contributed by atoms with Crippen LogP contribution < -0.4 is 0 Å². The summed E-state index contributed by atoms with van der Waals surface area (Å²) in [5.74, 6) is 0. The molecule has 1 aromatic carbocycles. The van der Waals surface area contributed by atoms with Crippen molar-refractivity contribution >= 4 is 21.4 Å². The van der Waals surface area contributed by atoms with Gasteiger partial charge >= 0.3 is 0 Å². The monoisotopic (exact) mass is 375 g/mol. The Hall–Kier alpha value is -2.23. The first-order valence-electron chi connectivity index (χ1n) is 8.00. The van der Waals surface area contributed by atoms with Crippen LogP contribution in [-0.2, 0) is 9.84 Å². The average Bonchev–Trinajstić information content (AvgIpc) is 3.15. The number of piperidine rings is 1. The summed E-state index contributed by atoms with van der Waals surface area (Å²) in [6.07, 6.45) is 7.37. The number of nitrogens with zero attached hydrogens (tertiary/aromatic N) is 3. The molecule has 1 aromatic heterocycles. The molecule has 0 N–H and O–H groups in total. The van der Waals surface area contributed by atoms with E-state index >= 15 is 0 Å². The summed E-state index contributed by atoms with van der Waals surface area (Å²) in [5.41, 5.74) is 0. The van der Waals surface area contributed by atoms with Gasteiger partial charge in [0.15, 0.2) is 4.91 Å². The Bertz CT molecular complexity index is 889. The highest BCUT2D eigenvalue weighted by Crippen LogP contribution is 2.25. The van der Waals surface area contributed by atoms with Crippen LogP contribution in [0.4, 0.5) is 0 Å².